The van der Waals surface area contributed by atoms with Crippen LogP contribution in [0.15, 0.2) is 28.8 Å². The lowest BCUT2D eigenvalue weighted by atomic mass is 10.2. The quantitative estimate of drug-likeness (QED) is 0.920. The minimum atomic E-state index is 0.556. The van der Waals surface area contributed by atoms with E-state index >= 15 is 0 Å². The molecule has 0 radical (unpaired) electrons. The molecule has 0 amide bonds. The molecule has 0 aliphatic carbocycles. The Balaban J connectivity index is 1.70. The first-order chi connectivity index (χ1) is 10.3. The molecule has 5 nitrogen and oxygen atoms in total. The fourth-order valence-electron chi connectivity index (χ4n) is 2.66. The fourth-order valence-corrected chi connectivity index (χ4v) is 2.79. The van der Waals surface area contributed by atoms with Crippen molar-refractivity contribution in [3.8, 4) is 11.4 Å². The van der Waals surface area contributed by atoms with Crippen molar-refractivity contribution in [3.63, 3.8) is 0 Å². The largest absolute Gasteiger partial charge is 0.338 e. The van der Waals surface area contributed by atoms with Crippen LogP contribution >= 0.6 is 11.6 Å². The van der Waals surface area contributed by atoms with E-state index in [2.05, 4.69) is 27.3 Å². The van der Waals surface area contributed by atoms with E-state index in [0.29, 0.717) is 29.3 Å². The second-order valence-corrected chi connectivity index (χ2v) is 5.66. The van der Waals surface area contributed by atoms with E-state index in [-0.39, 0.29) is 0 Å². The van der Waals surface area contributed by atoms with Gasteiger partial charge in [0.25, 0.3) is 0 Å². The Kier molecular flexibility index (Phi) is 4.53. The minimum Gasteiger partial charge on any atom is -0.338 e. The topological polar surface area (TPSA) is 54.2 Å². The zero-order valence-corrected chi connectivity index (χ0v) is 12.8. The lowest BCUT2D eigenvalue weighted by Crippen LogP contribution is -2.36. The van der Waals surface area contributed by atoms with Crippen LogP contribution in [0.1, 0.15) is 19.2 Å². The highest BCUT2D eigenvalue weighted by Crippen LogP contribution is 2.19. The Bertz CT molecular complexity index is 578. The van der Waals surface area contributed by atoms with Crippen molar-refractivity contribution >= 4 is 11.6 Å². The van der Waals surface area contributed by atoms with Gasteiger partial charge in [-0.1, -0.05) is 23.7 Å². The third-order valence-electron chi connectivity index (χ3n) is 3.87. The maximum absolute atomic E-state index is 5.89. The number of benzene rings is 1. The number of likely N-dealkylation sites (N-methyl/N-ethyl adjacent to an activating group) is 1. The highest BCUT2D eigenvalue weighted by molar-refractivity contribution is 6.30. The van der Waals surface area contributed by atoms with Gasteiger partial charge < -0.3 is 9.84 Å². The van der Waals surface area contributed by atoms with E-state index in [1.165, 1.54) is 6.42 Å². The first-order valence-corrected chi connectivity index (χ1v) is 7.67. The highest BCUT2D eigenvalue weighted by Gasteiger charge is 2.23. The molecule has 21 heavy (non-hydrogen) atoms. The number of nitrogens with one attached hydrogen (secondary N) is 1. The molecule has 0 spiro atoms. The second-order valence-electron chi connectivity index (χ2n) is 5.23. The molecule has 2 heterocycles. The summed E-state index contributed by atoms with van der Waals surface area (Å²) in [5.74, 6) is 1.27. The zero-order valence-electron chi connectivity index (χ0n) is 12.1. The summed E-state index contributed by atoms with van der Waals surface area (Å²) in [4.78, 5) is 6.86. The van der Waals surface area contributed by atoms with Gasteiger partial charge in [0.05, 0.1) is 6.54 Å². The Morgan fingerprint density at radius 2 is 2.19 bits per heavy atom. The van der Waals surface area contributed by atoms with Crippen molar-refractivity contribution in [2.24, 2.45) is 0 Å². The second kappa shape index (κ2) is 6.56. The third kappa shape index (κ3) is 3.43. The predicted octanol–water partition coefficient (Wildman–Crippen LogP) is 2.57. The molecule has 112 valence electrons. The Labute approximate surface area is 129 Å². The van der Waals surface area contributed by atoms with Crippen LogP contribution in [0.4, 0.5) is 0 Å². The molecule has 1 unspecified atom stereocenters. The summed E-state index contributed by atoms with van der Waals surface area (Å²) >= 11 is 5.89. The molecule has 1 aromatic carbocycles. The number of aromatic nitrogens is 2. The molecular formula is C15H19ClN4O. The molecule has 1 N–H and O–H groups in total. The summed E-state index contributed by atoms with van der Waals surface area (Å²) in [6.07, 6.45) is 1.17. The van der Waals surface area contributed by atoms with E-state index in [1.807, 2.05) is 24.3 Å². The van der Waals surface area contributed by atoms with Gasteiger partial charge in [-0.15, -0.1) is 0 Å². The first-order valence-electron chi connectivity index (χ1n) is 7.29. The minimum absolute atomic E-state index is 0.556. The van der Waals surface area contributed by atoms with E-state index in [0.717, 1.165) is 25.2 Å². The standard InChI is InChI=1S/C15H19ClN4O/c1-2-20(13-7-8-17-9-13)10-14-18-15(19-21-14)11-3-5-12(16)6-4-11/h3-6,13,17H,2,7-10H2,1H3. The summed E-state index contributed by atoms with van der Waals surface area (Å²) in [6, 6.07) is 8.01. The first kappa shape index (κ1) is 14.5. The van der Waals surface area contributed by atoms with Crippen LogP contribution < -0.4 is 5.32 Å². The van der Waals surface area contributed by atoms with Crippen molar-refractivity contribution in [2.45, 2.75) is 25.9 Å². The van der Waals surface area contributed by atoms with E-state index < -0.39 is 0 Å². The van der Waals surface area contributed by atoms with E-state index in [9.17, 15) is 0 Å². The maximum atomic E-state index is 5.89. The van der Waals surface area contributed by atoms with Crippen LogP contribution in [0.3, 0.4) is 0 Å². The van der Waals surface area contributed by atoms with Crippen LogP contribution in [0.2, 0.25) is 5.02 Å². The van der Waals surface area contributed by atoms with Gasteiger partial charge in [-0.2, -0.15) is 4.98 Å². The zero-order chi connectivity index (χ0) is 14.7. The molecule has 3 rings (SSSR count). The third-order valence-corrected chi connectivity index (χ3v) is 4.12. The van der Waals surface area contributed by atoms with Crippen LogP contribution in [0.5, 0.6) is 0 Å². The van der Waals surface area contributed by atoms with Gasteiger partial charge in [-0.25, -0.2) is 0 Å². The molecular weight excluding hydrogens is 288 g/mol. The summed E-state index contributed by atoms with van der Waals surface area (Å²) in [5.41, 5.74) is 0.917. The highest BCUT2D eigenvalue weighted by atomic mass is 35.5. The Morgan fingerprint density at radius 3 is 2.86 bits per heavy atom. The van der Waals surface area contributed by atoms with Gasteiger partial charge in [0.2, 0.25) is 11.7 Å². The molecule has 0 bridgehead atoms. The van der Waals surface area contributed by atoms with Crippen molar-refractivity contribution in [3.05, 3.63) is 35.2 Å². The molecule has 6 heteroatoms. The molecule has 1 aliphatic heterocycles. The Hall–Kier alpha value is -1.43. The number of halogens is 1. The van der Waals surface area contributed by atoms with Gasteiger partial charge >= 0.3 is 0 Å². The van der Waals surface area contributed by atoms with Crippen LogP contribution in [0, 0.1) is 0 Å². The van der Waals surface area contributed by atoms with E-state index in [4.69, 9.17) is 16.1 Å². The molecule has 1 saturated heterocycles. The molecule has 0 saturated carbocycles. The van der Waals surface area contributed by atoms with Crippen molar-refractivity contribution in [1.29, 1.82) is 0 Å². The van der Waals surface area contributed by atoms with Gasteiger partial charge in [0.15, 0.2) is 0 Å². The Morgan fingerprint density at radius 1 is 1.38 bits per heavy atom. The van der Waals surface area contributed by atoms with Gasteiger partial charge in [0, 0.05) is 23.2 Å². The number of hydrogen-bond donors (Lipinski definition) is 1. The number of hydrogen-bond acceptors (Lipinski definition) is 5. The molecule has 2 aromatic rings. The number of rotatable bonds is 5. The molecule has 1 fully saturated rings. The fraction of sp³-hybridized carbons (Fsp3) is 0.467. The number of nitrogens with zero attached hydrogens (tertiary/aromatic N) is 3. The monoisotopic (exact) mass is 306 g/mol. The van der Waals surface area contributed by atoms with Gasteiger partial charge in [0.1, 0.15) is 0 Å². The summed E-state index contributed by atoms with van der Waals surface area (Å²) in [7, 11) is 0. The summed E-state index contributed by atoms with van der Waals surface area (Å²) in [6.45, 7) is 5.95. The van der Waals surface area contributed by atoms with Crippen LogP contribution in [-0.4, -0.2) is 40.7 Å². The summed E-state index contributed by atoms with van der Waals surface area (Å²) in [5, 5.41) is 8.15. The summed E-state index contributed by atoms with van der Waals surface area (Å²) < 4.78 is 5.39. The van der Waals surface area contributed by atoms with Gasteiger partial charge in [-0.05, 0) is 43.8 Å². The maximum Gasteiger partial charge on any atom is 0.241 e. The van der Waals surface area contributed by atoms with Crippen LogP contribution in [0.25, 0.3) is 11.4 Å². The average Bonchev–Trinajstić information content (AvgIpc) is 3.17. The van der Waals surface area contributed by atoms with Crippen LogP contribution in [-0.2, 0) is 6.54 Å². The predicted molar refractivity (Wildman–Crippen MR) is 82.1 cm³/mol. The smallest absolute Gasteiger partial charge is 0.241 e. The van der Waals surface area contributed by atoms with Crippen molar-refractivity contribution in [2.75, 3.05) is 19.6 Å². The SMILES string of the molecule is CCN(Cc1nc(-c2ccc(Cl)cc2)no1)C1CCNC1. The van der Waals surface area contributed by atoms with Gasteiger partial charge in [-0.3, -0.25) is 4.90 Å². The lowest BCUT2D eigenvalue weighted by molar-refractivity contribution is 0.183. The molecule has 1 aromatic heterocycles. The molecule has 1 atom stereocenters. The average molecular weight is 307 g/mol. The van der Waals surface area contributed by atoms with E-state index in [1.54, 1.807) is 0 Å². The van der Waals surface area contributed by atoms with Crippen molar-refractivity contribution < 1.29 is 4.52 Å². The van der Waals surface area contributed by atoms with Crippen molar-refractivity contribution in [1.82, 2.24) is 20.4 Å². The molecule has 1 aliphatic rings. The normalized spacial score (nSPS) is 18.5. The lowest BCUT2D eigenvalue weighted by Gasteiger charge is -2.24.